The number of pyridine rings is 1. The summed E-state index contributed by atoms with van der Waals surface area (Å²) in [6, 6.07) is 17.7. The second-order valence-electron chi connectivity index (χ2n) is 10.3. The van der Waals surface area contributed by atoms with Crippen LogP contribution in [0.25, 0.3) is 22.8 Å². The number of hydrogen-bond acceptors (Lipinski definition) is 7. The molecule has 0 spiro atoms. The molecule has 2 aromatic heterocycles. The zero-order valence-corrected chi connectivity index (χ0v) is 21.4. The Morgan fingerprint density at radius 2 is 1.78 bits per heavy atom. The SMILES string of the molecule is COc1cccc(-c2nc(-c3cncc([C@@](O)(c4ccc(C(C)C)cc4)C4(C)CN(C)C4)c3)no2)c1. The number of aliphatic hydroxyl groups is 1. The first-order chi connectivity index (χ1) is 17.2. The van der Waals surface area contributed by atoms with Crippen molar-refractivity contribution in [3.63, 3.8) is 0 Å². The number of methoxy groups -OCH3 is 1. The average molecular weight is 485 g/mol. The molecule has 186 valence electrons. The molecule has 0 radical (unpaired) electrons. The summed E-state index contributed by atoms with van der Waals surface area (Å²) in [5.74, 6) is 1.93. The number of nitrogens with zero attached hydrogens (tertiary/aromatic N) is 4. The number of hydrogen-bond donors (Lipinski definition) is 1. The maximum absolute atomic E-state index is 12.4. The van der Waals surface area contributed by atoms with Crippen molar-refractivity contribution in [3.8, 4) is 28.6 Å². The second-order valence-corrected chi connectivity index (χ2v) is 10.3. The van der Waals surface area contributed by atoms with Gasteiger partial charge in [0.2, 0.25) is 5.82 Å². The fourth-order valence-electron chi connectivity index (χ4n) is 5.32. The second kappa shape index (κ2) is 9.15. The summed E-state index contributed by atoms with van der Waals surface area (Å²) in [7, 11) is 3.69. The summed E-state index contributed by atoms with van der Waals surface area (Å²) in [5.41, 5.74) is 2.62. The molecule has 1 N–H and O–H groups in total. The average Bonchev–Trinajstić information content (AvgIpc) is 3.38. The summed E-state index contributed by atoms with van der Waals surface area (Å²) >= 11 is 0. The molecule has 0 aliphatic carbocycles. The van der Waals surface area contributed by atoms with E-state index in [-0.39, 0.29) is 5.41 Å². The van der Waals surface area contributed by atoms with Crippen LogP contribution in [0.5, 0.6) is 5.75 Å². The Balaban J connectivity index is 1.55. The Hall–Kier alpha value is -3.55. The molecular weight excluding hydrogens is 452 g/mol. The molecule has 36 heavy (non-hydrogen) atoms. The molecule has 5 rings (SSSR count). The molecule has 7 heteroatoms. The molecule has 1 aliphatic rings. The number of benzene rings is 2. The van der Waals surface area contributed by atoms with E-state index in [0.29, 0.717) is 34.5 Å². The van der Waals surface area contributed by atoms with Gasteiger partial charge >= 0.3 is 0 Å². The van der Waals surface area contributed by atoms with Crippen LogP contribution in [0.4, 0.5) is 0 Å². The minimum atomic E-state index is -1.24. The van der Waals surface area contributed by atoms with Crippen LogP contribution >= 0.6 is 0 Å². The maximum Gasteiger partial charge on any atom is 0.258 e. The highest BCUT2D eigenvalue weighted by Crippen LogP contribution is 2.50. The molecular formula is C29H32N4O3. The van der Waals surface area contributed by atoms with Crippen LogP contribution in [0.3, 0.4) is 0 Å². The van der Waals surface area contributed by atoms with Crippen LogP contribution < -0.4 is 4.74 Å². The Morgan fingerprint density at radius 3 is 2.44 bits per heavy atom. The molecule has 7 nitrogen and oxygen atoms in total. The fourth-order valence-corrected chi connectivity index (χ4v) is 5.32. The predicted molar refractivity (Wildman–Crippen MR) is 139 cm³/mol. The van der Waals surface area contributed by atoms with Gasteiger partial charge in [-0.15, -0.1) is 0 Å². The summed E-state index contributed by atoms with van der Waals surface area (Å²) < 4.78 is 10.9. The molecule has 0 amide bonds. The largest absolute Gasteiger partial charge is 0.497 e. The first-order valence-electron chi connectivity index (χ1n) is 12.2. The van der Waals surface area contributed by atoms with Gasteiger partial charge < -0.3 is 19.3 Å². The highest BCUT2D eigenvalue weighted by Gasteiger charge is 2.55. The fraction of sp³-hybridized carbons (Fsp3) is 0.345. The van der Waals surface area contributed by atoms with Gasteiger partial charge in [0, 0.05) is 47.6 Å². The maximum atomic E-state index is 12.4. The molecule has 1 fully saturated rings. The van der Waals surface area contributed by atoms with Crippen LogP contribution in [0, 0.1) is 5.41 Å². The number of likely N-dealkylation sites (tertiary alicyclic amines) is 1. The van der Waals surface area contributed by atoms with Crippen molar-refractivity contribution in [2.45, 2.75) is 32.3 Å². The first-order valence-corrected chi connectivity index (χ1v) is 12.2. The summed E-state index contributed by atoms with van der Waals surface area (Å²) in [4.78, 5) is 11.3. The predicted octanol–water partition coefficient (Wildman–Crippen LogP) is 5.12. The van der Waals surface area contributed by atoms with Gasteiger partial charge in [-0.25, -0.2) is 0 Å². The number of rotatable bonds is 7. The third kappa shape index (κ3) is 4.08. The van der Waals surface area contributed by atoms with E-state index in [1.807, 2.05) is 42.5 Å². The molecule has 1 atom stereocenters. The van der Waals surface area contributed by atoms with Gasteiger partial charge in [-0.05, 0) is 48.4 Å². The van der Waals surface area contributed by atoms with E-state index in [0.717, 1.165) is 24.2 Å². The molecule has 3 heterocycles. The zero-order valence-electron chi connectivity index (χ0n) is 21.4. The third-order valence-electron chi connectivity index (χ3n) is 7.26. The van der Waals surface area contributed by atoms with E-state index in [1.165, 1.54) is 5.56 Å². The van der Waals surface area contributed by atoms with Crippen molar-refractivity contribution in [3.05, 3.63) is 83.7 Å². The smallest absolute Gasteiger partial charge is 0.258 e. The summed E-state index contributed by atoms with van der Waals surface area (Å²) in [6.07, 6.45) is 3.44. The van der Waals surface area contributed by atoms with Crippen molar-refractivity contribution in [2.24, 2.45) is 5.41 Å². The van der Waals surface area contributed by atoms with Crippen LogP contribution in [-0.2, 0) is 5.60 Å². The van der Waals surface area contributed by atoms with Gasteiger partial charge in [-0.2, -0.15) is 4.98 Å². The molecule has 0 unspecified atom stereocenters. The molecule has 4 aromatic rings. The Bertz CT molecular complexity index is 1360. The van der Waals surface area contributed by atoms with Crippen molar-refractivity contribution in [2.75, 3.05) is 27.2 Å². The zero-order chi connectivity index (χ0) is 25.5. The van der Waals surface area contributed by atoms with Crippen LogP contribution in [-0.4, -0.2) is 52.4 Å². The van der Waals surface area contributed by atoms with E-state index in [4.69, 9.17) is 9.26 Å². The molecule has 2 aromatic carbocycles. The molecule has 1 aliphatic heterocycles. The van der Waals surface area contributed by atoms with Crippen LogP contribution in [0.15, 0.2) is 71.5 Å². The minimum Gasteiger partial charge on any atom is -0.497 e. The van der Waals surface area contributed by atoms with Gasteiger partial charge in [-0.1, -0.05) is 56.3 Å². The van der Waals surface area contributed by atoms with Crippen molar-refractivity contribution in [1.29, 1.82) is 0 Å². The van der Waals surface area contributed by atoms with E-state index in [9.17, 15) is 5.11 Å². The van der Waals surface area contributed by atoms with E-state index < -0.39 is 5.60 Å². The first kappa shape index (κ1) is 24.2. The third-order valence-corrected chi connectivity index (χ3v) is 7.26. The molecule has 0 bridgehead atoms. The van der Waals surface area contributed by atoms with Crippen LogP contribution in [0.2, 0.25) is 0 Å². The normalized spacial score (nSPS) is 17.0. The lowest BCUT2D eigenvalue weighted by Crippen LogP contribution is -2.63. The van der Waals surface area contributed by atoms with Crippen LogP contribution in [0.1, 0.15) is 43.4 Å². The highest BCUT2D eigenvalue weighted by atomic mass is 16.5. The quantitative estimate of drug-likeness (QED) is 0.390. The van der Waals surface area contributed by atoms with Gasteiger partial charge in [0.05, 0.1) is 7.11 Å². The van der Waals surface area contributed by atoms with E-state index >= 15 is 0 Å². The van der Waals surface area contributed by atoms with Crippen molar-refractivity contribution < 1.29 is 14.4 Å². The van der Waals surface area contributed by atoms with Gasteiger partial charge in [0.15, 0.2) is 0 Å². The molecule has 1 saturated heterocycles. The Labute approximate surface area is 211 Å². The van der Waals surface area contributed by atoms with Gasteiger partial charge in [0.25, 0.3) is 5.89 Å². The van der Waals surface area contributed by atoms with Crippen molar-refractivity contribution >= 4 is 0 Å². The lowest BCUT2D eigenvalue weighted by atomic mass is 9.62. The monoisotopic (exact) mass is 484 g/mol. The standard InChI is InChI=1S/C29H32N4O3/c1-19(2)20-9-11-23(12-10-20)29(34,28(3)17-33(4)18-28)24-13-22(15-30-16-24)26-31-27(36-32-26)21-7-6-8-25(14-21)35-5/h6-16,19,34H,17-18H2,1-5H3/t29-/m0/s1. The topological polar surface area (TPSA) is 84.5 Å². The van der Waals surface area contributed by atoms with E-state index in [2.05, 4.69) is 60.0 Å². The van der Waals surface area contributed by atoms with Gasteiger partial charge in [0.1, 0.15) is 11.4 Å². The molecule has 0 saturated carbocycles. The van der Waals surface area contributed by atoms with Crippen molar-refractivity contribution in [1.82, 2.24) is 20.0 Å². The number of ether oxygens (including phenoxy) is 1. The Morgan fingerprint density at radius 1 is 1.03 bits per heavy atom. The lowest BCUT2D eigenvalue weighted by molar-refractivity contribution is -0.127. The van der Waals surface area contributed by atoms with E-state index in [1.54, 1.807) is 19.5 Å². The Kier molecular flexibility index (Phi) is 6.14. The number of aromatic nitrogens is 3. The van der Waals surface area contributed by atoms with Gasteiger partial charge in [-0.3, -0.25) is 4.98 Å². The highest BCUT2D eigenvalue weighted by molar-refractivity contribution is 5.61. The minimum absolute atomic E-state index is 0.385. The summed E-state index contributed by atoms with van der Waals surface area (Å²) in [5, 5.41) is 16.6. The lowest BCUT2D eigenvalue weighted by Gasteiger charge is -2.55. The summed E-state index contributed by atoms with van der Waals surface area (Å²) in [6.45, 7) is 8.00.